The number of fused-ring (bicyclic) bond motifs is 5. The first-order valence-corrected chi connectivity index (χ1v) is 18.6. The summed E-state index contributed by atoms with van der Waals surface area (Å²) in [6, 6.07) is 0. The van der Waals surface area contributed by atoms with Gasteiger partial charge in [0, 0.05) is 55.0 Å². The first-order valence-electron chi connectivity index (χ1n) is 18.6. The van der Waals surface area contributed by atoms with E-state index in [1.54, 1.807) is 21.0 Å². The summed E-state index contributed by atoms with van der Waals surface area (Å²) < 4.78 is 25.0. The largest absolute Gasteiger partial charge is 0.462 e. The Kier molecular flexibility index (Phi) is 10.4. The summed E-state index contributed by atoms with van der Waals surface area (Å²) in [7, 11) is 1.59. The molecule has 1 heterocycles. The van der Waals surface area contributed by atoms with Crippen LogP contribution in [0.3, 0.4) is 0 Å². The molecule has 0 radical (unpaired) electrons. The first kappa shape index (κ1) is 38.4. The maximum Gasteiger partial charge on any atom is 0.306 e. The molecule has 0 bridgehead atoms. The van der Waals surface area contributed by atoms with Crippen molar-refractivity contribution in [3.8, 4) is 0 Å². The normalized spacial score (nSPS) is 43.6. The van der Waals surface area contributed by atoms with Crippen molar-refractivity contribution in [1.82, 2.24) is 0 Å². The minimum absolute atomic E-state index is 0.0147. The van der Waals surface area contributed by atoms with Gasteiger partial charge in [-0.15, -0.1) is 0 Å². The highest BCUT2D eigenvalue weighted by molar-refractivity contribution is 5.86. The molecular weight excluding hydrogens is 628 g/mol. The highest BCUT2D eigenvalue weighted by Gasteiger charge is 2.74. The van der Waals surface area contributed by atoms with Gasteiger partial charge in [-0.3, -0.25) is 14.4 Å². The number of unbranched alkanes of at least 4 members (excludes halogenated alkanes) is 2. The summed E-state index contributed by atoms with van der Waals surface area (Å²) in [6.45, 7) is 16.9. The summed E-state index contributed by atoms with van der Waals surface area (Å²) in [5, 5.41) is 33.7. The van der Waals surface area contributed by atoms with E-state index in [-0.39, 0.29) is 42.3 Å². The van der Waals surface area contributed by atoms with Gasteiger partial charge in [0.2, 0.25) is 0 Å². The average molecular weight is 691 g/mol. The fraction of sp³-hybridized carbons (Fsp3) is 0.872. The number of Topliss-reactive ketones (excluding diaryl/α,β-unsaturated/α-hetero) is 1. The zero-order chi connectivity index (χ0) is 36.5. The fourth-order valence-electron chi connectivity index (χ4n) is 11.7. The molecule has 49 heavy (non-hydrogen) atoms. The number of methoxy groups -OCH3 is 1. The van der Waals surface area contributed by atoms with Crippen LogP contribution in [-0.4, -0.2) is 82.6 Å². The number of ketones is 1. The van der Waals surface area contributed by atoms with Crippen LogP contribution in [0, 0.1) is 45.3 Å². The van der Waals surface area contributed by atoms with E-state index in [1.165, 1.54) is 6.92 Å². The second-order valence-electron chi connectivity index (χ2n) is 17.7. The third-order valence-corrected chi connectivity index (χ3v) is 14.0. The number of aliphatic hydroxyl groups is 3. The van der Waals surface area contributed by atoms with Crippen molar-refractivity contribution in [2.24, 2.45) is 45.3 Å². The smallest absolute Gasteiger partial charge is 0.306 e. The maximum atomic E-state index is 13.7. The molecule has 0 aromatic rings. The first-order chi connectivity index (χ1) is 22.7. The fourth-order valence-corrected chi connectivity index (χ4v) is 11.7. The monoisotopic (exact) mass is 690 g/mol. The van der Waals surface area contributed by atoms with E-state index in [4.69, 9.17) is 18.9 Å². The molecule has 0 spiro atoms. The number of carbonyl (C=O) groups excluding carboxylic acids is 3. The number of allylic oxidation sites excluding steroid dienone is 1. The molecule has 4 aliphatic carbocycles. The second-order valence-corrected chi connectivity index (χ2v) is 17.7. The van der Waals surface area contributed by atoms with Crippen molar-refractivity contribution in [2.45, 2.75) is 163 Å². The van der Waals surface area contributed by atoms with Gasteiger partial charge >= 0.3 is 11.9 Å². The third kappa shape index (κ3) is 6.13. The molecule has 5 rings (SSSR count). The van der Waals surface area contributed by atoms with Crippen LogP contribution in [0.4, 0.5) is 0 Å². The number of rotatable bonds is 10. The molecular formula is C39H62O10. The van der Waals surface area contributed by atoms with Crippen molar-refractivity contribution in [1.29, 1.82) is 0 Å². The van der Waals surface area contributed by atoms with Gasteiger partial charge in [-0.1, -0.05) is 66.0 Å². The van der Waals surface area contributed by atoms with Crippen molar-refractivity contribution in [3.63, 3.8) is 0 Å². The Hall–Kier alpha value is -1.85. The molecule has 1 aliphatic heterocycles. The Labute approximate surface area is 292 Å². The molecule has 10 nitrogen and oxygen atoms in total. The van der Waals surface area contributed by atoms with E-state index in [0.29, 0.717) is 25.7 Å². The van der Waals surface area contributed by atoms with Crippen LogP contribution >= 0.6 is 0 Å². The second kappa shape index (κ2) is 13.3. The maximum absolute atomic E-state index is 13.7. The molecule has 13 atom stereocenters. The van der Waals surface area contributed by atoms with Gasteiger partial charge in [-0.2, -0.15) is 0 Å². The van der Waals surface area contributed by atoms with Gasteiger partial charge in [-0.05, 0) is 63.2 Å². The molecule has 5 aliphatic rings. The highest BCUT2D eigenvalue weighted by atomic mass is 16.7. The molecule has 0 unspecified atom stereocenters. The van der Waals surface area contributed by atoms with Gasteiger partial charge in [0.25, 0.3) is 0 Å². The van der Waals surface area contributed by atoms with Gasteiger partial charge in [0.15, 0.2) is 6.29 Å². The summed E-state index contributed by atoms with van der Waals surface area (Å²) in [6.07, 6.45) is 2.56. The number of hydrogen-bond acceptors (Lipinski definition) is 10. The van der Waals surface area contributed by atoms with E-state index in [2.05, 4.69) is 33.8 Å². The van der Waals surface area contributed by atoms with E-state index in [9.17, 15) is 29.7 Å². The van der Waals surface area contributed by atoms with Crippen LogP contribution in [0.15, 0.2) is 11.6 Å². The lowest BCUT2D eigenvalue weighted by Gasteiger charge is -2.69. The van der Waals surface area contributed by atoms with Crippen molar-refractivity contribution in [2.75, 3.05) is 7.11 Å². The number of ether oxygens (including phenoxy) is 4. The number of aliphatic hydroxyl groups excluding tert-OH is 2. The van der Waals surface area contributed by atoms with Crippen LogP contribution in [0.1, 0.15) is 120 Å². The predicted octanol–water partition coefficient (Wildman–Crippen LogP) is 5.28. The molecule has 0 aromatic carbocycles. The molecule has 1 saturated heterocycles. The number of esters is 2. The molecule has 0 aromatic heterocycles. The Morgan fingerprint density at radius 3 is 2.37 bits per heavy atom. The average Bonchev–Trinajstić information content (AvgIpc) is 3.57. The summed E-state index contributed by atoms with van der Waals surface area (Å²) in [5.41, 5.74) is -3.26. The minimum atomic E-state index is -1.37. The van der Waals surface area contributed by atoms with Crippen LogP contribution in [0.5, 0.6) is 0 Å². The predicted molar refractivity (Wildman–Crippen MR) is 182 cm³/mol. The van der Waals surface area contributed by atoms with E-state index >= 15 is 0 Å². The lowest BCUT2D eigenvalue weighted by Crippen LogP contribution is -2.72. The molecule has 3 saturated carbocycles. The number of carbonyl (C=O) groups is 3. The van der Waals surface area contributed by atoms with Crippen molar-refractivity contribution >= 4 is 17.7 Å². The summed E-state index contributed by atoms with van der Waals surface area (Å²) >= 11 is 0. The zero-order valence-electron chi connectivity index (χ0n) is 31.4. The van der Waals surface area contributed by atoms with Gasteiger partial charge in [0.05, 0.1) is 17.8 Å². The minimum Gasteiger partial charge on any atom is -0.462 e. The Balaban J connectivity index is 1.63. The zero-order valence-corrected chi connectivity index (χ0v) is 31.4. The number of hydrogen-bond donors (Lipinski definition) is 3. The van der Waals surface area contributed by atoms with E-state index in [1.807, 2.05) is 13.8 Å². The molecule has 0 amide bonds. The Bertz CT molecular complexity index is 1320. The standard InChI is InChI=1S/C39H62O10/c1-11-12-13-14-31(43)48-25-20-37(7)23(22-17-24(49-34(22)46-10)33(44)36(5,6)45)15-16-26(37)39(9)30(47-21(2)40)18-27-35(3,4)28(41)19-29(42)38(27,8)32(25)39/h16,22-25,27,29-30,32-34,42,44-45H,11-15,17-20H2,1-10H3/t22-,23-,24-,25+,27-,29-,30+,32+,33-,34+,37-,38+,39+/m0/s1. The van der Waals surface area contributed by atoms with Crippen LogP contribution in [0.2, 0.25) is 0 Å². The molecule has 4 fully saturated rings. The van der Waals surface area contributed by atoms with Crippen molar-refractivity contribution < 1.29 is 48.7 Å². The van der Waals surface area contributed by atoms with E-state index in [0.717, 1.165) is 24.8 Å². The van der Waals surface area contributed by atoms with E-state index < -0.39 is 76.0 Å². The highest BCUT2D eigenvalue weighted by Crippen LogP contribution is 2.74. The summed E-state index contributed by atoms with van der Waals surface area (Å²) in [5.74, 6) is -1.68. The van der Waals surface area contributed by atoms with Crippen LogP contribution in [-0.2, 0) is 33.3 Å². The van der Waals surface area contributed by atoms with Gasteiger partial charge in [-0.25, -0.2) is 0 Å². The molecule has 3 N–H and O–H groups in total. The molecule has 278 valence electrons. The topological polar surface area (TPSA) is 149 Å². The Morgan fingerprint density at radius 2 is 1.78 bits per heavy atom. The lowest BCUT2D eigenvalue weighted by molar-refractivity contribution is -0.257. The van der Waals surface area contributed by atoms with Crippen molar-refractivity contribution in [3.05, 3.63) is 11.6 Å². The summed E-state index contributed by atoms with van der Waals surface area (Å²) in [4.78, 5) is 40.0. The SMILES string of the molecule is CCCCCC(=O)O[C@@H]1C[C@]2(C)C(=CC[C@H]2[C@@H]2C[C@@H]([C@H](O)C(C)(C)O)O[C@H]2OC)[C@]2(C)[C@H](OC(C)=O)C[C@H]3C(C)(C)C(=O)C[C@H](O)[C@]3(C)[C@@H]12. The van der Waals surface area contributed by atoms with Crippen LogP contribution < -0.4 is 0 Å². The van der Waals surface area contributed by atoms with Gasteiger partial charge < -0.3 is 34.3 Å². The van der Waals surface area contributed by atoms with Gasteiger partial charge in [0.1, 0.15) is 24.1 Å². The van der Waals surface area contributed by atoms with Crippen LogP contribution in [0.25, 0.3) is 0 Å². The quantitative estimate of drug-likeness (QED) is 0.157. The molecule has 10 heteroatoms. The lowest BCUT2D eigenvalue weighted by atomic mass is 9.36. The Morgan fingerprint density at radius 1 is 1.10 bits per heavy atom. The third-order valence-electron chi connectivity index (χ3n) is 14.0.